The Morgan fingerprint density at radius 2 is 2.08 bits per heavy atom. The molecule has 0 saturated heterocycles. The highest BCUT2D eigenvalue weighted by Gasteiger charge is 2.42. The molecular formula is C9H16O3. The van der Waals surface area contributed by atoms with Crippen molar-refractivity contribution in [3.05, 3.63) is 0 Å². The topological polar surface area (TPSA) is 46.5 Å². The number of carbonyl (C=O) groups is 1. The molecule has 0 amide bonds. The van der Waals surface area contributed by atoms with E-state index in [-0.39, 0.29) is 17.3 Å². The second-order valence-corrected chi connectivity index (χ2v) is 4.27. The number of carbonyl (C=O) groups excluding carboxylic acids is 1. The molecule has 0 radical (unpaired) electrons. The molecule has 1 N–H and O–H groups in total. The van der Waals surface area contributed by atoms with E-state index in [2.05, 4.69) is 18.6 Å². The first-order valence-electron chi connectivity index (χ1n) is 4.22. The summed E-state index contributed by atoms with van der Waals surface area (Å²) in [5.41, 5.74) is 0.0677. The molecule has 2 atom stereocenters. The van der Waals surface area contributed by atoms with Gasteiger partial charge in [0, 0.05) is 0 Å². The molecule has 1 aliphatic rings. The van der Waals surface area contributed by atoms with Crippen molar-refractivity contribution in [1.82, 2.24) is 0 Å². The zero-order chi connectivity index (χ0) is 9.35. The Morgan fingerprint density at radius 1 is 1.50 bits per heavy atom. The van der Waals surface area contributed by atoms with E-state index in [4.69, 9.17) is 0 Å². The lowest BCUT2D eigenvalue weighted by molar-refractivity contribution is -0.148. The zero-order valence-electron chi connectivity index (χ0n) is 7.83. The Balaban J connectivity index is 2.64. The van der Waals surface area contributed by atoms with Gasteiger partial charge in [-0.2, -0.15) is 0 Å². The largest absolute Gasteiger partial charge is 0.469 e. The predicted octanol–water partition coefficient (Wildman–Crippen LogP) is 0.956. The highest BCUT2D eigenvalue weighted by molar-refractivity contribution is 5.73. The molecule has 70 valence electrons. The zero-order valence-corrected chi connectivity index (χ0v) is 7.83. The van der Waals surface area contributed by atoms with Crippen molar-refractivity contribution in [1.29, 1.82) is 0 Å². The van der Waals surface area contributed by atoms with Gasteiger partial charge in [0.25, 0.3) is 0 Å². The Hall–Kier alpha value is -0.570. The predicted molar refractivity (Wildman–Crippen MR) is 44.5 cm³/mol. The van der Waals surface area contributed by atoms with E-state index in [0.717, 1.165) is 6.42 Å². The van der Waals surface area contributed by atoms with Crippen LogP contribution in [0.3, 0.4) is 0 Å². The second kappa shape index (κ2) is 3.05. The maximum atomic E-state index is 11.1. The lowest BCUT2D eigenvalue weighted by atomic mass is 9.91. The monoisotopic (exact) mass is 172 g/mol. The molecule has 0 unspecified atom stereocenters. The van der Waals surface area contributed by atoms with Gasteiger partial charge in [-0.05, 0) is 18.3 Å². The molecule has 12 heavy (non-hydrogen) atoms. The van der Waals surface area contributed by atoms with E-state index in [9.17, 15) is 9.90 Å². The minimum atomic E-state index is -0.521. The fourth-order valence-corrected chi connectivity index (χ4v) is 1.91. The number of ether oxygens (including phenoxy) is 1. The third kappa shape index (κ3) is 1.78. The molecule has 0 heterocycles. The SMILES string of the molecule is COC(=O)[C@H]1CC(C)(C)C[C@@H]1O. The van der Waals surface area contributed by atoms with Crippen LogP contribution < -0.4 is 0 Å². The van der Waals surface area contributed by atoms with Crippen molar-refractivity contribution in [2.24, 2.45) is 11.3 Å². The number of rotatable bonds is 1. The summed E-state index contributed by atoms with van der Waals surface area (Å²) < 4.78 is 4.60. The minimum Gasteiger partial charge on any atom is -0.469 e. The third-order valence-corrected chi connectivity index (χ3v) is 2.50. The van der Waals surface area contributed by atoms with Crippen LogP contribution in [0.2, 0.25) is 0 Å². The Morgan fingerprint density at radius 3 is 2.42 bits per heavy atom. The van der Waals surface area contributed by atoms with Crippen LogP contribution in [-0.4, -0.2) is 24.3 Å². The molecule has 0 aromatic carbocycles. The third-order valence-electron chi connectivity index (χ3n) is 2.50. The molecule has 3 heteroatoms. The number of methoxy groups -OCH3 is 1. The number of hydrogen-bond acceptors (Lipinski definition) is 3. The van der Waals surface area contributed by atoms with Crippen LogP contribution in [0, 0.1) is 11.3 Å². The van der Waals surface area contributed by atoms with Gasteiger partial charge in [-0.25, -0.2) is 0 Å². The average Bonchev–Trinajstić information content (AvgIpc) is 2.23. The highest BCUT2D eigenvalue weighted by Crippen LogP contribution is 2.41. The van der Waals surface area contributed by atoms with E-state index in [0.29, 0.717) is 6.42 Å². The first kappa shape index (κ1) is 9.52. The van der Waals surface area contributed by atoms with Gasteiger partial charge in [-0.15, -0.1) is 0 Å². The van der Waals surface area contributed by atoms with E-state index in [1.165, 1.54) is 7.11 Å². The quantitative estimate of drug-likeness (QED) is 0.599. The van der Waals surface area contributed by atoms with Gasteiger partial charge in [-0.1, -0.05) is 13.8 Å². The fourth-order valence-electron chi connectivity index (χ4n) is 1.91. The van der Waals surface area contributed by atoms with Gasteiger partial charge in [0.2, 0.25) is 0 Å². The summed E-state index contributed by atoms with van der Waals surface area (Å²) in [6, 6.07) is 0. The normalized spacial score (nSPS) is 33.3. The molecule has 1 fully saturated rings. The van der Waals surface area contributed by atoms with Crippen LogP contribution in [0.25, 0.3) is 0 Å². The van der Waals surface area contributed by atoms with Gasteiger partial charge < -0.3 is 9.84 Å². The van der Waals surface area contributed by atoms with Gasteiger partial charge in [-0.3, -0.25) is 4.79 Å². The van der Waals surface area contributed by atoms with Crippen molar-refractivity contribution < 1.29 is 14.6 Å². The number of aliphatic hydroxyl groups is 1. The number of hydrogen-bond donors (Lipinski definition) is 1. The molecule has 0 aliphatic heterocycles. The molecule has 1 aliphatic carbocycles. The molecule has 0 aromatic heterocycles. The first-order chi connectivity index (χ1) is 5.46. The first-order valence-corrected chi connectivity index (χ1v) is 4.22. The highest BCUT2D eigenvalue weighted by atomic mass is 16.5. The van der Waals surface area contributed by atoms with Crippen molar-refractivity contribution in [3.8, 4) is 0 Å². The van der Waals surface area contributed by atoms with Gasteiger partial charge in [0.1, 0.15) is 0 Å². The summed E-state index contributed by atoms with van der Waals surface area (Å²) in [6.07, 6.45) is 0.889. The fraction of sp³-hybridized carbons (Fsp3) is 0.889. The Kier molecular flexibility index (Phi) is 2.42. The Labute approximate surface area is 72.7 Å². The second-order valence-electron chi connectivity index (χ2n) is 4.27. The average molecular weight is 172 g/mol. The lowest BCUT2D eigenvalue weighted by Crippen LogP contribution is -2.23. The van der Waals surface area contributed by atoms with Gasteiger partial charge in [0.15, 0.2) is 0 Å². The van der Waals surface area contributed by atoms with Crippen molar-refractivity contribution in [2.45, 2.75) is 32.8 Å². The van der Waals surface area contributed by atoms with Gasteiger partial charge in [0.05, 0.1) is 19.1 Å². The van der Waals surface area contributed by atoms with Gasteiger partial charge >= 0.3 is 5.97 Å². The van der Waals surface area contributed by atoms with E-state index < -0.39 is 6.10 Å². The molecule has 0 spiro atoms. The minimum absolute atomic E-state index is 0.0677. The molecular weight excluding hydrogens is 156 g/mol. The summed E-state index contributed by atoms with van der Waals surface area (Å²) >= 11 is 0. The summed E-state index contributed by atoms with van der Waals surface area (Å²) in [5, 5.41) is 9.53. The van der Waals surface area contributed by atoms with Crippen molar-refractivity contribution in [3.63, 3.8) is 0 Å². The van der Waals surface area contributed by atoms with E-state index in [1.54, 1.807) is 0 Å². The van der Waals surface area contributed by atoms with Crippen LogP contribution in [0.15, 0.2) is 0 Å². The van der Waals surface area contributed by atoms with E-state index >= 15 is 0 Å². The summed E-state index contributed by atoms with van der Waals surface area (Å²) in [7, 11) is 1.36. The van der Waals surface area contributed by atoms with Crippen molar-refractivity contribution in [2.75, 3.05) is 7.11 Å². The van der Waals surface area contributed by atoms with Crippen LogP contribution in [0.5, 0.6) is 0 Å². The molecule has 1 saturated carbocycles. The van der Waals surface area contributed by atoms with Crippen LogP contribution in [-0.2, 0) is 9.53 Å². The smallest absolute Gasteiger partial charge is 0.311 e. The molecule has 0 bridgehead atoms. The maximum absolute atomic E-state index is 11.1. The molecule has 0 aromatic rings. The lowest BCUT2D eigenvalue weighted by Gasteiger charge is -2.15. The summed E-state index contributed by atoms with van der Waals surface area (Å²) in [6.45, 7) is 4.11. The number of aliphatic hydroxyl groups excluding tert-OH is 1. The molecule has 3 nitrogen and oxygen atoms in total. The van der Waals surface area contributed by atoms with Crippen LogP contribution in [0.4, 0.5) is 0 Å². The van der Waals surface area contributed by atoms with E-state index in [1.807, 2.05) is 0 Å². The number of esters is 1. The molecule has 1 rings (SSSR count). The van der Waals surface area contributed by atoms with Crippen molar-refractivity contribution >= 4 is 5.97 Å². The Bertz CT molecular complexity index is 186. The maximum Gasteiger partial charge on any atom is 0.311 e. The van der Waals surface area contributed by atoms with Crippen LogP contribution in [0.1, 0.15) is 26.7 Å². The summed E-state index contributed by atoms with van der Waals surface area (Å²) in [4.78, 5) is 11.1. The van der Waals surface area contributed by atoms with Crippen LogP contribution >= 0.6 is 0 Å². The standard InChI is InChI=1S/C9H16O3/c1-9(2)4-6(7(10)5-9)8(11)12-3/h6-7,10H,4-5H2,1-3H3/t6-,7-/m0/s1. The summed E-state index contributed by atoms with van der Waals surface area (Å²) in [5.74, 6) is -0.599.